The molecule has 0 unspecified atom stereocenters. The molecule has 1 N–H and O–H groups in total. The summed E-state index contributed by atoms with van der Waals surface area (Å²) in [7, 11) is 0. The lowest BCUT2D eigenvalue weighted by molar-refractivity contribution is 0.0956. The monoisotopic (exact) mass is 208 g/mol. The molecule has 0 saturated carbocycles. The quantitative estimate of drug-likeness (QED) is 0.520. The summed E-state index contributed by atoms with van der Waals surface area (Å²) < 4.78 is 0. The molecule has 3 nitrogen and oxygen atoms in total. The van der Waals surface area contributed by atoms with Crippen molar-refractivity contribution in [2.45, 2.75) is 6.42 Å². The van der Waals surface area contributed by atoms with Crippen LogP contribution >= 0.6 is 11.6 Å². The highest BCUT2D eigenvalue weighted by atomic mass is 35.5. The van der Waals surface area contributed by atoms with Gasteiger partial charge in [0.1, 0.15) is 5.15 Å². The Morgan fingerprint density at radius 3 is 3.14 bits per heavy atom. The molecule has 0 bridgehead atoms. The van der Waals surface area contributed by atoms with E-state index in [0.717, 1.165) is 12.0 Å². The minimum Gasteiger partial charge on any atom is -0.349 e. The Bertz CT molecular complexity index is 401. The highest BCUT2D eigenvalue weighted by Gasteiger charge is 2.12. The van der Waals surface area contributed by atoms with Crippen LogP contribution in [0.2, 0.25) is 5.15 Å². The number of rotatable bonds is 0. The van der Waals surface area contributed by atoms with Gasteiger partial charge in [0.2, 0.25) is 0 Å². The van der Waals surface area contributed by atoms with Gasteiger partial charge in [-0.3, -0.25) is 4.79 Å². The fourth-order valence-corrected chi connectivity index (χ4v) is 1.56. The molecule has 1 aromatic rings. The van der Waals surface area contributed by atoms with Gasteiger partial charge in [-0.1, -0.05) is 23.8 Å². The molecule has 1 aliphatic heterocycles. The van der Waals surface area contributed by atoms with E-state index in [1.165, 1.54) is 6.20 Å². The van der Waals surface area contributed by atoms with Crippen molar-refractivity contribution < 1.29 is 4.79 Å². The molecule has 2 rings (SSSR count). The Morgan fingerprint density at radius 1 is 1.43 bits per heavy atom. The van der Waals surface area contributed by atoms with E-state index in [1.54, 1.807) is 6.07 Å². The van der Waals surface area contributed by atoms with Crippen LogP contribution in [0.5, 0.6) is 0 Å². The van der Waals surface area contributed by atoms with Gasteiger partial charge in [-0.15, -0.1) is 0 Å². The largest absolute Gasteiger partial charge is 0.349 e. The molecule has 4 heteroatoms. The summed E-state index contributed by atoms with van der Waals surface area (Å²) in [6, 6.07) is 1.73. The zero-order valence-electron chi connectivity index (χ0n) is 7.46. The number of allylic oxidation sites excluding steroid dienone is 1. The first-order chi connectivity index (χ1) is 6.77. The maximum Gasteiger partial charge on any atom is 0.253 e. The Kier molecular flexibility index (Phi) is 2.50. The SMILES string of the molecule is O=C1NC/C=C\Cc2cc(Cl)ncc21. The van der Waals surface area contributed by atoms with E-state index in [-0.39, 0.29) is 5.91 Å². The first kappa shape index (κ1) is 9.21. The van der Waals surface area contributed by atoms with Gasteiger partial charge in [-0.25, -0.2) is 4.98 Å². The molecule has 0 fully saturated rings. The number of amides is 1. The molecular formula is C10H9ClN2O. The van der Waals surface area contributed by atoms with Crippen LogP contribution in [0.15, 0.2) is 24.4 Å². The highest BCUT2D eigenvalue weighted by Crippen LogP contribution is 2.15. The van der Waals surface area contributed by atoms with Gasteiger partial charge < -0.3 is 5.32 Å². The molecule has 0 atom stereocenters. The molecule has 14 heavy (non-hydrogen) atoms. The second kappa shape index (κ2) is 3.80. The number of fused-ring (bicyclic) bond motifs is 1. The summed E-state index contributed by atoms with van der Waals surface area (Å²) in [6.07, 6.45) is 6.18. The van der Waals surface area contributed by atoms with Gasteiger partial charge in [0.05, 0.1) is 5.56 Å². The standard InChI is InChI=1S/C10H9ClN2O/c11-9-5-7-3-1-2-4-12-10(14)8(7)6-13-9/h1-2,5-6H,3-4H2,(H,12,14)/b2-1-. The van der Waals surface area contributed by atoms with Gasteiger partial charge in [0, 0.05) is 12.7 Å². The van der Waals surface area contributed by atoms with Crippen LogP contribution in [0.4, 0.5) is 0 Å². The second-order valence-electron chi connectivity index (χ2n) is 3.05. The Morgan fingerprint density at radius 2 is 2.29 bits per heavy atom. The van der Waals surface area contributed by atoms with Crippen LogP contribution in [-0.2, 0) is 6.42 Å². The molecule has 0 aromatic carbocycles. The number of hydrogen-bond acceptors (Lipinski definition) is 2. The summed E-state index contributed by atoms with van der Waals surface area (Å²) in [4.78, 5) is 15.4. The zero-order chi connectivity index (χ0) is 9.97. The number of carbonyl (C=O) groups excluding carboxylic acids is 1. The highest BCUT2D eigenvalue weighted by molar-refractivity contribution is 6.29. The molecule has 0 aliphatic carbocycles. The van der Waals surface area contributed by atoms with Crippen molar-refractivity contribution in [3.05, 3.63) is 40.7 Å². The minimum atomic E-state index is -0.0893. The summed E-state index contributed by atoms with van der Waals surface area (Å²) in [5.74, 6) is -0.0893. The smallest absolute Gasteiger partial charge is 0.253 e. The number of carbonyl (C=O) groups is 1. The van der Waals surface area contributed by atoms with E-state index in [0.29, 0.717) is 17.3 Å². The number of nitrogens with one attached hydrogen (secondary N) is 1. The fraction of sp³-hybridized carbons (Fsp3) is 0.200. The second-order valence-corrected chi connectivity index (χ2v) is 3.44. The number of pyridine rings is 1. The predicted molar refractivity (Wildman–Crippen MR) is 54.4 cm³/mol. The molecule has 1 aliphatic rings. The average Bonchev–Trinajstić information content (AvgIpc) is 2.14. The molecule has 2 heterocycles. The van der Waals surface area contributed by atoms with Crippen molar-refractivity contribution >= 4 is 17.5 Å². The van der Waals surface area contributed by atoms with Gasteiger partial charge in [-0.2, -0.15) is 0 Å². The Hall–Kier alpha value is -1.35. The molecule has 0 saturated heterocycles. The third-order valence-corrected chi connectivity index (χ3v) is 2.29. The van der Waals surface area contributed by atoms with Gasteiger partial charge in [0.25, 0.3) is 5.91 Å². The number of nitrogens with zero attached hydrogens (tertiary/aromatic N) is 1. The van der Waals surface area contributed by atoms with Crippen molar-refractivity contribution in [3.8, 4) is 0 Å². The van der Waals surface area contributed by atoms with E-state index in [9.17, 15) is 4.79 Å². The predicted octanol–water partition coefficient (Wildman–Crippen LogP) is 1.58. The van der Waals surface area contributed by atoms with Gasteiger partial charge >= 0.3 is 0 Å². The third kappa shape index (κ3) is 1.77. The molecular weight excluding hydrogens is 200 g/mol. The first-order valence-electron chi connectivity index (χ1n) is 4.35. The van der Waals surface area contributed by atoms with Gasteiger partial charge in [-0.05, 0) is 18.1 Å². The van der Waals surface area contributed by atoms with E-state index in [2.05, 4.69) is 10.3 Å². The lowest BCUT2D eigenvalue weighted by Gasteiger charge is -2.10. The molecule has 1 amide bonds. The van der Waals surface area contributed by atoms with E-state index in [4.69, 9.17) is 11.6 Å². The molecule has 0 radical (unpaired) electrons. The first-order valence-corrected chi connectivity index (χ1v) is 4.73. The van der Waals surface area contributed by atoms with Crippen LogP contribution in [-0.4, -0.2) is 17.4 Å². The fourth-order valence-electron chi connectivity index (χ4n) is 1.38. The summed E-state index contributed by atoms with van der Waals surface area (Å²) >= 11 is 5.75. The van der Waals surface area contributed by atoms with E-state index < -0.39 is 0 Å². The summed E-state index contributed by atoms with van der Waals surface area (Å²) in [5.41, 5.74) is 1.53. The van der Waals surface area contributed by atoms with Crippen molar-refractivity contribution in [1.82, 2.24) is 10.3 Å². The normalized spacial score (nSPS) is 17.6. The summed E-state index contributed by atoms with van der Waals surface area (Å²) in [5, 5.41) is 3.17. The Balaban J connectivity index is 2.47. The third-order valence-electron chi connectivity index (χ3n) is 2.09. The molecule has 1 aromatic heterocycles. The van der Waals surface area contributed by atoms with Crippen LogP contribution in [0, 0.1) is 0 Å². The van der Waals surface area contributed by atoms with Gasteiger partial charge in [0.15, 0.2) is 0 Å². The van der Waals surface area contributed by atoms with Crippen LogP contribution < -0.4 is 5.32 Å². The topological polar surface area (TPSA) is 42.0 Å². The van der Waals surface area contributed by atoms with E-state index in [1.807, 2.05) is 12.2 Å². The van der Waals surface area contributed by atoms with Crippen LogP contribution in [0.25, 0.3) is 0 Å². The van der Waals surface area contributed by atoms with E-state index >= 15 is 0 Å². The van der Waals surface area contributed by atoms with Crippen LogP contribution in [0.1, 0.15) is 15.9 Å². The maximum atomic E-state index is 11.5. The van der Waals surface area contributed by atoms with Crippen molar-refractivity contribution in [2.75, 3.05) is 6.54 Å². The summed E-state index contributed by atoms with van der Waals surface area (Å²) in [6.45, 7) is 0.570. The number of aromatic nitrogens is 1. The number of hydrogen-bond donors (Lipinski definition) is 1. The van der Waals surface area contributed by atoms with Crippen molar-refractivity contribution in [2.24, 2.45) is 0 Å². The minimum absolute atomic E-state index is 0.0893. The zero-order valence-corrected chi connectivity index (χ0v) is 8.21. The lowest BCUT2D eigenvalue weighted by atomic mass is 10.1. The van der Waals surface area contributed by atoms with Crippen molar-refractivity contribution in [3.63, 3.8) is 0 Å². The van der Waals surface area contributed by atoms with Crippen molar-refractivity contribution in [1.29, 1.82) is 0 Å². The molecule has 72 valence electrons. The number of halogens is 1. The lowest BCUT2D eigenvalue weighted by Crippen LogP contribution is -2.25. The Labute approximate surface area is 86.8 Å². The molecule has 0 spiro atoms. The maximum absolute atomic E-state index is 11.5. The van der Waals surface area contributed by atoms with Crippen LogP contribution in [0.3, 0.4) is 0 Å². The average molecular weight is 209 g/mol.